The summed E-state index contributed by atoms with van der Waals surface area (Å²) >= 11 is 0. The van der Waals surface area contributed by atoms with Gasteiger partial charge in [0.05, 0.1) is 5.60 Å². The minimum absolute atomic E-state index is 0.566. The van der Waals surface area contributed by atoms with Crippen LogP contribution in [0.25, 0.3) is 0 Å². The monoisotopic (exact) mass is 223 g/mol. The summed E-state index contributed by atoms with van der Waals surface area (Å²) in [5.41, 5.74) is 6.11. The Morgan fingerprint density at radius 1 is 1.50 bits per heavy atom. The van der Waals surface area contributed by atoms with E-state index in [1.54, 1.807) is 6.20 Å². The third-order valence-corrected chi connectivity index (χ3v) is 2.38. The van der Waals surface area contributed by atoms with Gasteiger partial charge in [-0.15, -0.1) is 0 Å². The van der Waals surface area contributed by atoms with Gasteiger partial charge in [-0.1, -0.05) is 13.0 Å². The first kappa shape index (κ1) is 12.9. The van der Waals surface area contributed by atoms with Crippen LogP contribution in [0.2, 0.25) is 0 Å². The van der Waals surface area contributed by atoms with E-state index in [1.165, 1.54) is 0 Å². The normalized spacial score (nSPS) is 12.1. The average molecular weight is 223 g/mol. The lowest BCUT2D eigenvalue weighted by molar-refractivity contribution is 0.0354. The molecule has 90 valence electrons. The number of hydrogen-bond acceptors (Lipinski definition) is 4. The molecule has 0 spiro atoms. The molecule has 0 saturated heterocycles. The topological polar surface area (TPSA) is 62.4 Å². The molecule has 0 unspecified atom stereocenters. The maximum atomic E-state index is 9.78. The number of likely N-dealkylation sites (N-methyl/N-ethyl adjacent to an activating group) is 1. The molecule has 1 heterocycles. The smallest absolute Gasteiger partial charge is 0.127 e. The molecule has 1 rings (SSSR count). The number of anilines is 1. The van der Waals surface area contributed by atoms with Crippen molar-refractivity contribution in [1.82, 2.24) is 9.88 Å². The van der Waals surface area contributed by atoms with Crippen LogP contribution < -0.4 is 5.73 Å². The summed E-state index contributed by atoms with van der Waals surface area (Å²) < 4.78 is 0. The van der Waals surface area contributed by atoms with Gasteiger partial charge in [0, 0.05) is 24.8 Å². The first-order valence-electron chi connectivity index (χ1n) is 5.56. The summed E-state index contributed by atoms with van der Waals surface area (Å²) in [6.45, 7) is 7.90. The predicted octanol–water partition coefficient (Wildman–Crippen LogP) is 1.26. The van der Waals surface area contributed by atoms with Crippen LogP contribution in [0.1, 0.15) is 26.3 Å². The number of hydrogen-bond donors (Lipinski definition) is 2. The Balaban J connectivity index is 2.67. The van der Waals surface area contributed by atoms with E-state index < -0.39 is 5.60 Å². The van der Waals surface area contributed by atoms with Crippen molar-refractivity contribution in [3.63, 3.8) is 0 Å². The first-order chi connectivity index (χ1) is 7.42. The Hall–Kier alpha value is -1.13. The third kappa shape index (κ3) is 4.16. The molecular formula is C12H21N3O. The van der Waals surface area contributed by atoms with Crippen molar-refractivity contribution >= 4 is 5.82 Å². The molecule has 16 heavy (non-hydrogen) atoms. The van der Waals surface area contributed by atoms with Crippen molar-refractivity contribution in [2.24, 2.45) is 0 Å². The van der Waals surface area contributed by atoms with E-state index in [4.69, 9.17) is 5.73 Å². The highest BCUT2D eigenvalue weighted by atomic mass is 16.3. The lowest BCUT2D eigenvalue weighted by Crippen LogP contribution is -2.38. The van der Waals surface area contributed by atoms with E-state index in [9.17, 15) is 5.11 Å². The second-order valence-corrected chi connectivity index (χ2v) is 4.66. The highest BCUT2D eigenvalue weighted by Crippen LogP contribution is 2.13. The van der Waals surface area contributed by atoms with Crippen LogP contribution in [0.5, 0.6) is 0 Å². The number of rotatable bonds is 5. The number of aromatic nitrogens is 1. The zero-order valence-electron chi connectivity index (χ0n) is 10.3. The van der Waals surface area contributed by atoms with Gasteiger partial charge in [0.1, 0.15) is 5.82 Å². The molecule has 0 fully saturated rings. The van der Waals surface area contributed by atoms with E-state index in [1.807, 2.05) is 26.0 Å². The summed E-state index contributed by atoms with van der Waals surface area (Å²) in [7, 11) is 0. The fraction of sp³-hybridized carbons (Fsp3) is 0.583. The average Bonchev–Trinajstić information content (AvgIpc) is 2.18. The molecule has 0 bridgehead atoms. The summed E-state index contributed by atoms with van der Waals surface area (Å²) in [6, 6.07) is 3.85. The zero-order chi connectivity index (χ0) is 12.2. The molecular weight excluding hydrogens is 202 g/mol. The van der Waals surface area contributed by atoms with Crippen molar-refractivity contribution < 1.29 is 5.11 Å². The van der Waals surface area contributed by atoms with Crippen molar-refractivity contribution in [3.05, 3.63) is 23.9 Å². The number of aliphatic hydroxyl groups is 1. The van der Waals surface area contributed by atoms with Gasteiger partial charge in [-0.2, -0.15) is 0 Å². The Kier molecular flexibility index (Phi) is 4.26. The highest BCUT2D eigenvalue weighted by molar-refractivity contribution is 5.38. The highest BCUT2D eigenvalue weighted by Gasteiger charge is 2.17. The molecule has 4 nitrogen and oxygen atoms in total. The van der Waals surface area contributed by atoms with Crippen LogP contribution in [0, 0.1) is 0 Å². The summed E-state index contributed by atoms with van der Waals surface area (Å²) in [5.74, 6) is 0.566. The molecule has 3 N–H and O–H groups in total. The zero-order valence-corrected chi connectivity index (χ0v) is 10.3. The first-order valence-corrected chi connectivity index (χ1v) is 5.56. The molecule has 1 aromatic heterocycles. The third-order valence-electron chi connectivity index (χ3n) is 2.38. The molecule has 0 atom stereocenters. The molecule has 0 saturated carbocycles. The number of nitrogen functional groups attached to an aromatic ring is 1. The van der Waals surface area contributed by atoms with Gasteiger partial charge >= 0.3 is 0 Å². The van der Waals surface area contributed by atoms with E-state index in [2.05, 4.69) is 16.8 Å². The van der Waals surface area contributed by atoms with Gasteiger partial charge in [0.25, 0.3) is 0 Å². The maximum absolute atomic E-state index is 9.78. The van der Waals surface area contributed by atoms with E-state index in [0.29, 0.717) is 12.4 Å². The minimum atomic E-state index is -0.688. The standard InChI is InChI=1S/C12H21N3O/c1-4-15(9-12(2,3)16)8-10-6-5-7-14-11(10)13/h5-7,16H,4,8-9H2,1-3H3,(H2,13,14). The van der Waals surface area contributed by atoms with Crippen LogP contribution in [0.15, 0.2) is 18.3 Å². The molecule has 0 radical (unpaired) electrons. The lowest BCUT2D eigenvalue weighted by Gasteiger charge is -2.28. The van der Waals surface area contributed by atoms with E-state index in [-0.39, 0.29) is 0 Å². The van der Waals surface area contributed by atoms with E-state index in [0.717, 1.165) is 18.7 Å². The van der Waals surface area contributed by atoms with Crippen molar-refractivity contribution in [1.29, 1.82) is 0 Å². The van der Waals surface area contributed by atoms with Crippen LogP contribution in [-0.4, -0.2) is 33.7 Å². The lowest BCUT2D eigenvalue weighted by atomic mass is 10.1. The Morgan fingerprint density at radius 2 is 2.19 bits per heavy atom. The number of nitrogens with two attached hydrogens (primary N) is 1. The second kappa shape index (κ2) is 5.27. The summed E-state index contributed by atoms with van der Waals surface area (Å²) in [4.78, 5) is 6.20. The molecule has 0 aliphatic heterocycles. The van der Waals surface area contributed by atoms with Gasteiger partial charge in [-0.25, -0.2) is 4.98 Å². The fourth-order valence-electron chi connectivity index (χ4n) is 1.65. The van der Waals surface area contributed by atoms with Crippen LogP contribution in [0.3, 0.4) is 0 Å². The number of pyridine rings is 1. The Labute approximate surface area is 97.1 Å². The van der Waals surface area contributed by atoms with Gasteiger partial charge in [-0.05, 0) is 26.5 Å². The SMILES string of the molecule is CCN(Cc1cccnc1N)CC(C)(C)O. The van der Waals surface area contributed by atoms with Crippen LogP contribution >= 0.6 is 0 Å². The fourth-order valence-corrected chi connectivity index (χ4v) is 1.65. The molecule has 0 aromatic carbocycles. The van der Waals surface area contributed by atoms with Gasteiger partial charge in [0.15, 0.2) is 0 Å². The van der Waals surface area contributed by atoms with E-state index >= 15 is 0 Å². The van der Waals surface area contributed by atoms with Gasteiger partial charge in [0.2, 0.25) is 0 Å². The molecule has 0 aliphatic rings. The Morgan fingerprint density at radius 3 is 2.69 bits per heavy atom. The quantitative estimate of drug-likeness (QED) is 0.789. The molecule has 0 amide bonds. The van der Waals surface area contributed by atoms with Gasteiger partial charge < -0.3 is 10.8 Å². The summed E-state index contributed by atoms with van der Waals surface area (Å²) in [5, 5.41) is 9.78. The summed E-state index contributed by atoms with van der Waals surface area (Å²) in [6.07, 6.45) is 1.69. The Bertz CT molecular complexity index is 333. The second-order valence-electron chi connectivity index (χ2n) is 4.66. The molecule has 1 aromatic rings. The predicted molar refractivity (Wildman–Crippen MR) is 65.9 cm³/mol. The van der Waals surface area contributed by atoms with Crippen molar-refractivity contribution in [2.75, 3.05) is 18.8 Å². The molecule has 4 heteroatoms. The maximum Gasteiger partial charge on any atom is 0.127 e. The largest absolute Gasteiger partial charge is 0.389 e. The molecule has 0 aliphatic carbocycles. The van der Waals surface area contributed by atoms with Crippen molar-refractivity contribution in [3.8, 4) is 0 Å². The van der Waals surface area contributed by atoms with Crippen molar-refractivity contribution in [2.45, 2.75) is 32.9 Å². The minimum Gasteiger partial charge on any atom is -0.389 e. The van der Waals surface area contributed by atoms with Gasteiger partial charge in [-0.3, -0.25) is 4.90 Å². The van der Waals surface area contributed by atoms with Crippen LogP contribution in [-0.2, 0) is 6.54 Å². The van der Waals surface area contributed by atoms with Crippen LogP contribution in [0.4, 0.5) is 5.82 Å². The number of nitrogens with zero attached hydrogens (tertiary/aromatic N) is 2.